The molecule has 3 N–H and O–H groups in total. The maximum absolute atomic E-state index is 12.7. The van der Waals surface area contributed by atoms with E-state index >= 15 is 0 Å². The number of nitrogens with one attached hydrogen (secondary N) is 2. The molecule has 164 valence electrons. The van der Waals surface area contributed by atoms with Crippen LogP contribution in [0.5, 0.6) is 0 Å². The number of nitrogens with zero attached hydrogens (tertiary/aromatic N) is 3. The number of carbonyl (C=O) groups is 2. The van der Waals surface area contributed by atoms with Gasteiger partial charge in [0.2, 0.25) is 0 Å². The highest BCUT2D eigenvalue weighted by molar-refractivity contribution is 7.17. The Balaban J connectivity index is 1.73. The zero-order valence-corrected chi connectivity index (χ0v) is 18.9. The van der Waals surface area contributed by atoms with Crippen molar-refractivity contribution in [1.82, 2.24) is 20.3 Å². The summed E-state index contributed by atoms with van der Waals surface area (Å²) in [6, 6.07) is -0.217. The summed E-state index contributed by atoms with van der Waals surface area (Å²) in [7, 11) is 0. The molecule has 0 bridgehead atoms. The normalized spacial score (nSPS) is 19.3. The van der Waals surface area contributed by atoms with Crippen LogP contribution in [0.4, 0.5) is 5.13 Å². The molecule has 0 aromatic carbocycles. The Hall–Kier alpha value is -2.17. The molecule has 2 aromatic rings. The first-order valence-corrected chi connectivity index (χ1v) is 11.0. The number of hydrogen-bond donors (Lipinski definition) is 3. The zero-order valence-electron chi connectivity index (χ0n) is 17.4. The van der Waals surface area contributed by atoms with Gasteiger partial charge in [-0.3, -0.25) is 4.79 Å². The maximum Gasteiger partial charge on any atom is 0.347 e. The van der Waals surface area contributed by atoms with Gasteiger partial charge in [-0.15, -0.1) is 0 Å². The summed E-state index contributed by atoms with van der Waals surface area (Å²) in [6.07, 6.45) is 0.962. The molecular weight excluding hydrogens is 430 g/mol. The van der Waals surface area contributed by atoms with E-state index in [-0.39, 0.29) is 34.9 Å². The van der Waals surface area contributed by atoms with Crippen molar-refractivity contribution in [2.24, 2.45) is 0 Å². The molecule has 2 atom stereocenters. The number of ether oxygens (including phenoxy) is 1. The van der Waals surface area contributed by atoms with Crippen LogP contribution in [-0.4, -0.2) is 63.3 Å². The minimum atomic E-state index is -0.975. The molecule has 30 heavy (non-hydrogen) atoms. The molecular formula is C19H26ClN5O4S. The number of carboxylic acid groups (broad SMARTS) is 1. The second kappa shape index (κ2) is 9.32. The van der Waals surface area contributed by atoms with E-state index in [0.717, 1.165) is 17.0 Å². The molecule has 2 unspecified atom stereocenters. The Morgan fingerprint density at radius 2 is 2.17 bits per heavy atom. The van der Waals surface area contributed by atoms with Gasteiger partial charge in [0.1, 0.15) is 4.88 Å². The highest BCUT2D eigenvalue weighted by atomic mass is 35.5. The molecule has 1 aliphatic rings. The molecule has 9 nitrogen and oxygen atoms in total. The van der Waals surface area contributed by atoms with E-state index in [4.69, 9.17) is 16.3 Å². The molecule has 2 aromatic heterocycles. The van der Waals surface area contributed by atoms with Crippen LogP contribution in [0, 0.1) is 6.92 Å². The molecule has 0 spiro atoms. The number of H-pyrrole nitrogens is 1. The first-order chi connectivity index (χ1) is 14.2. The average Bonchev–Trinajstić information content (AvgIpc) is 3.25. The second-order valence-electron chi connectivity index (χ2n) is 7.46. The van der Waals surface area contributed by atoms with Crippen LogP contribution >= 0.6 is 22.9 Å². The summed E-state index contributed by atoms with van der Waals surface area (Å²) in [5.41, 5.74) is 1.22. The third-order valence-electron chi connectivity index (χ3n) is 4.87. The average molecular weight is 456 g/mol. The van der Waals surface area contributed by atoms with Gasteiger partial charge in [-0.2, -0.15) is 0 Å². The molecule has 0 aliphatic carbocycles. The number of carbonyl (C=O) groups excluding carboxylic acids is 1. The lowest BCUT2D eigenvalue weighted by Gasteiger charge is -2.39. The van der Waals surface area contributed by atoms with Gasteiger partial charge in [0, 0.05) is 13.1 Å². The van der Waals surface area contributed by atoms with Gasteiger partial charge >= 0.3 is 5.97 Å². The number of aromatic carboxylic acids is 1. The van der Waals surface area contributed by atoms with E-state index < -0.39 is 5.97 Å². The Labute approximate surface area is 183 Å². The lowest BCUT2D eigenvalue weighted by molar-refractivity contribution is -0.0167. The van der Waals surface area contributed by atoms with Crippen LogP contribution < -0.4 is 10.2 Å². The number of rotatable bonds is 7. The molecule has 0 saturated carbocycles. The quantitative estimate of drug-likeness (QED) is 0.586. The number of piperidine rings is 1. The third-order valence-corrected chi connectivity index (χ3v) is 6.39. The van der Waals surface area contributed by atoms with E-state index in [1.807, 2.05) is 25.7 Å². The van der Waals surface area contributed by atoms with Crippen LogP contribution in [0.25, 0.3) is 0 Å². The standard InChI is InChI=1S/C19H26ClN5O4S/c1-5-11-15(20)24-16(22-11)17(26)23-12-6-7-25(8-13(12)29-9(2)3)19-21-10(4)14(30-19)18(27)28/h9,12-13H,5-8H2,1-4H3,(H,22,24)(H,23,26)(H,27,28). The van der Waals surface area contributed by atoms with E-state index in [1.165, 1.54) is 0 Å². The number of amides is 1. The number of carboxylic acids is 1. The number of aromatic nitrogens is 3. The lowest BCUT2D eigenvalue weighted by Crippen LogP contribution is -2.56. The summed E-state index contributed by atoms with van der Waals surface area (Å²) >= 11 is 7.21. The minimum Gasteiger partial charge on any atom is -0.477 e. The third kappa shape index (κ3) is 4.93. The predicted octanol–water partition coefficient (Wildman–Crippen LogP) is 2.89. The number of thiazole rings is 1. The van der Waals surface area contributed by atoms with E-state index in [2.05, 4.69) is 20.3 Å². The lowest BCUT2D eigenvalue weighted by atomic mass is 10.0. The Kier molecular flexibility index (Phi) is 6.99. The van der Waals surface area contributed by atoms with Crippen molar-refractivity contribution < 1.29 is 19.4 Å². The Morgan fingerprint density at radius 1 is 1.43 bits per heavy atom. The van der Waals surface area contributed by atoms with Crippen molar-refractivity contribution in [2.75, 3.05) is 18.0 Å². The number of hydrogen-bond acceptors (Lipinski definition) is 7. The monoisotopic (exact) mass is 455 g/mol. The minimum absolute atomic E-state index is 0.0354. The second-order valence-corrected chi connectivity index (χ2v) is 8.80. The van der Waals surface area contributed by atoms with Gasteiger partial charge in [0.05, 0.1) is 29.6 Å². The maximum atomic E-state index is 12.7. The van der Waals surface area contributed by atoms with E-state index in [0.29, 0.717) is 41.9 Å². The van der Waals surface area contributed by atoms with Gasteiger partial charge in [-0.25, -0.2) is 14.8 Å². The molecule has 1 fully saturated rings. The van der Waals surface area contributed by atoms with Crippen molar-refractivity contribution in [1.29, 1.82) is 0 Å². The van der Waals surface area contributed by atoms with Crippen LogP contribution in [-0.2, 0) is 11.2 Å². The van der Waals surface area contributed by atoms with Crippen molar-refractivity contribution >= 4 is 39.9 Å². The van der Waals surface area contributed by atoms with E-state index in [9.17, 15) is 14.7 Å². The number of aryl methyl sites for hydroxylation is 2. The van der Waals surface area contributed by atoms with Crippen molar-refractivity contribution in [3.8, 4) is 0 Å². The first kappa shape index (κ1) is 22.5. The van der Waals surface area contributed by atoms with Crippen molar-refractivity contribution in [2.45, 2.75) is 58.8 Å². The SMILES string of the molecule is CCc1[nH]c(C(=O)NC2CCN(c3nc(C)c(C(=O)O)s3)CC2OC(C)C)nc1Cl. The number of halogens is 1. The molecule has 1 saturated heterocycles. The zero-order chi connectivity index (χ0) is 22.0. The smallest absolute Gasteiger partial charge is 0.347 e. The molecule has 1 aliphatic heterocycles. The fraction of sp³-hybridized carbons (Fsp3) is 0.579. The molecule has 3 rings (SSSR count). The van der Waals surface area contributed by atoms with Crippen molar-refractivity contribution in [3.05, 3.63) is 27.2 Å². The van der Waals surface area contributed by atoms with Crippen LogP contribution in [0.3, 0.4) is 0 Å². The highest BCUT2D eigenvalue weighted by Crippen LogP contribution is 2.29. The van der Waals surface area contributed by atoms with Gasteiger partial charge in [-0.1, -0.05) is 29.9 Å². The van der Waals surface area contributed by atoms with Crippen LogP contribution in [0.15, 0.2) is 0 Å². The summed E-state index contributed by atoms with van der Waals surface area (Å²) in [6.45, 7) is 8.61. The molecule has 0 radical (unpaired) electrons. The number of aromatic amines is 1. The topological polar surface area (TPSA) is 120 Å². The van der Waals surface area contributed by atoms with Gasteiger partial charge in [0.15, 0.2) is 16.1 Å². The Bertz CT molecular complexity index is 928. The van der Waals surface area contributed by atoms with Crippen LogP contribution in [0.1, 0.15) is 58.9 Å². The van der Waals surface area contributed by atoms with Crippen molar-refractivity contribution in [3.63, 3.8) is 0 Å². The highest BCUT2D eigenvalue weighted by Gasteiger charge is 2.34. The predicted molar refractivity (Wildman–Crippen MR) is 115 cm³/mol. The largest absolute Gasteiger partial charge is 0.477 e. The van der Waals surface area contributed by atoms with Gasteiger partial charge < -0.3 is 25.0 Å². The summed E-state index contributed by atoms with van der Waals surface area (Å²) in [4.78, 5) is 37.8. The molecule has 1 amide bonds. The Morgan fingerprint density at radius 3 is 2.73 bits per heavy atom. The summed E-state index contributed by atoms with van der Waals surface area (Å²) in [5, 5.41) is 13.3. The van der Waals surface area contributed by atoms with Crippen LogP contribution in [0.2, 0.25) is 5.15 Å². The summed E-state index contributed by atoms with van der Waals surface area (Å²) < 4.78 is 6.07. The fourth-order valence-electron chi connectivity index (χ4n) is 3.43. The van der Waals surface area contributed by atoms with Gasteiger partial charge in [-0.05, 0) is 33.6 Å². The molecule has 3 heterocycles. The first-order valence-electron chi connectivity index (χ1n) is 9.85. The molecule has 11 heteroatoms. The number of anilines is 1. The van der Waals surface area contributed by atoms with E-state index in [1.54, 1.807) is 6.92 Å². The summed E-state index contributed by atoms with van der Waals surface area (Å²) in [5.74, 6) is -1.12. The number of imidazole rings is 1. The van der Waals surface area contributed by atoms with Gasteiger partial charge in [0.25, 0.3) is 5.91 Å². The fourth-order valence-corrected chi connectivity index (χ4v) is 4.63.